The first-order chi connectivity index (χ1) is 18.5. The molecule has 0 unspecified atom stereocenters. The van der Waals surface area contributed by atoms with Crippen LogP contribution in [0.3, 0.4) is 0 Å². The maximum Gasteiger partial charge on any atom is 0.268 e. The molecule has 0 saturated heterocycles. The molecule has 5 aromatic rings. The molecule has 2 heterocycles. The van der Waals surface area contributed by atoms with Crippen molar-refractivity contribution in [3.63, 3.8) is 0 Å². The first-order valence-electron chi connectivity index (χ1n) is 12.1. The summed E-state index contributed by atoms with van der Waals surface area (Å²) < 4.78 is 16.3. The van der Waals surface area contributed by atoms with Crippen molar-refractivity contribution in [1.29, 1.82) is 0 Å². The van der Waals surface area contributed by atoms with E-state index in [0.29, 0.717) is 39.2 Å². The monoisotopic (exact) mass is 525 g/mol. The number of fused-ring (bicyclic) bond motifs is 1. The zero-order valence-corrected chi connectivity index (χ0v) is 22.1. The Hall–Kier alpha value is -4.56. The number of hydrogen-bond donors (Lipinski definition) is 2. The van der Waals surface area contributed by atoms with E-state index in [0.717, 1.165) is 33.5 Å². The van der Waals surface area contributed by atoms with Gasteiger partial charge in [0, 0.05) is 17.0 Å². The number of pyridine rings is 1. The second-order valence-electron chi connectivity index (χ2n) is 8.42. The molecule has 2 aromatic heterocycles. The van der Waals surface area contributed by atoms with E-state index in [1.165, 1.54) is 18.4 Å². The Morgan fingerprint density at radius 1 is 0.921 bits per heavy atom. The average molecular weight is 526 g/mol. The molecule has 0 atom stereocenters. The van der Waals surface area contributed by atoms with Crippen LogP contribution < -0.4 is 25.3 Å². The third kappa shape index (κ3) is 4.86. The molecule has 0 saturated carbocycles. The third-order valence-electron chi connectivity index (χ3n) is 6.11. The van der Waals surface area contributed by atoms with Gasteiger partial charge in [0.2, 0.25) is 0 Å². The van der Waals surface area contributed by atoms with Gasteiger partial charge in [-0.1, -0.05) is 30.3 Å². The highest BCUT2D eigenvalue weighted by atomic mass is 32.1. The van der Waals surface area contributed by atoms with Crippen LogP contribution in [0.5, 0.6) is 17.2 Å². The number of methoxy groups -OCH3 is 2. The van der Waals surface area contributed by atoms with Gasteiger partial charge < -0.3 is 25.3 Å². The molecule has 3 aromatic carbocycles. The summed E-state index contributed by atoms with van der Waals surface area (Å²) in [7, 11) is 3.11. The van der Waals surface area contributed by atoms with Crippen molar-refractivity contribution in [3.05, 3.63) is 83.7 Å². The highest BCUT2D eigenvalue weighted by molar-refractivity contribution is 7.21. The molecule has 0 aliphatic heterocycles. The standard InChI is InChI=1S/C30H27N3O4S/c1-4-37-20-12-10-19(11-13-20)24-17-22(18-8-6-5-7-9-18)26-27(31)28(38-30(26)33-24)29(34)32-23-15-14-21(35-2)16-25(23)36-3/h5-17H,4,31H2,1-3H3,(H,32,34). The Labute approximate surface area is 224 Å². The summed E-state index contributed by atoms with van der Waals surface area (Å²) >= 11 is 1.26. The number of aromatic nitrogens is 1. The van der Waals surface area contributed by atoms with Crippen molar-refractivity contribution in [1.82, 2.24) is 4.98 Å². The number of carbonyl (C=O) groups is 1. The van der Waals surface area contributed by atoms with E-state index in [-0.39, 0.29) is 5.91 Å². The molecule has 8 heteroatoms. The van der Waals surface area contributed by atoms with Gasteiger partial charge in [-0.2, -0.15) is 0 Å². The number of nitrogens with two attached hydrogens (primary N) is 1. The number of ether oxygens (including phenoxy) is 3. The molecule has 0 aliphatic carbocycles. The van der Waals surface area contributed by atoms with Gasteiger partial charge in [0.15, 0.2) is 0 Å². The number of benzene rings is 3. The Bertz CT molecular complexity index is 1600. The molecule has 0 bridgehead atoms. The summed E-state index contributed by atoms with van der Waals surface area (Å²) in [5.41, 5.74) is 11.2. The van der Waals surface area contributed by atoms with Gasteiger partial charge in [0.1, 0.15) is 27.0 Å². The van der Waals surface area contributed by atoms with Crippen LogP contribution in [-0.4, -0.2) is 31.7 Å². The van der Waals surface area contributed by atoms with Crippen molar-refractivity contribution < 1.29 is 19.0 Å². The summed E-state index contributed by atoms with van der Waals surface area (Å²) in [6.45, 7) is 2.55. The van der Waals surface area contributed by atoms with Crippen molar-refractivity contribution >= 4 is 38.8 Å². The number of hydrogen-bond acceptors (Lipinski definition) is 7. The fraction of sp³-hybridized carbons (Fsp3) is 0.133. The van der Waals surface area contributed by atoms with Gasteiger partial charge >= 0.3 is 0 Å². The summed E-state index contributed by atoms with van der Waals surface area (Å²) in [4.78, 5) is 19.4. The fourth-order valence-electron chi connectivity index (χ4n) is 4.25. The molecule has 7 nitrogen and oxygen atoms in total. The molecule has 38 heavy (non-hydrogen) atoms. The maximum atomic E-state index is 13.4. The number of amides is 1. The summed E-state index contributed by atoms with van der Waals surface area (Å²) in [6.07, 6.45) is 0. The predicted octanol–water partition coefficient (Wildman–Crippen LogP) is 6.88. The van der Waals surface area contributed by atoms with Gasteiger partial charge in [-0.3, -0.25) is 4.79 Å². The Kier molecular flexibility index (Phi) is 7.15. The summed E-state index contributed by atoms with van der Waals surface area (Å²) in [5.74, 6) is 1.57. The molecule has 192 valence electrons. The quantitative estimate of drug-likeness (QED) is 0.229. The second-order valence-corrected chi connectivity index (χ2v) is 9.42. The lowest BCUT2D eigenvalue weighted by Gasteiger charge is -2.11. The lowest BCUT2D eigenvalue weighted by Crippen LogP contribution is -2.12. The molecular formula is C30H27N3O4S. The van der Waals surface area contributed by atoms with Gasteiger partial charge in [-0.15, -0.1) is 11.3 Å². The minimum absolute atomic E-state index is 0.337. The van der Waals surface area contributed by atoms with Crippen LogP contribution in [-0.2, 0) is 0 Å². The van der Waals surface area contributed by atoms with E-state index < -0.39 is 0 Å². The second kappa shape index (κ2) is 10.8. The Morgan fingerprint density at radius 3 is 2.34 bits per heavy atom. The zero-order chi connectivity index (χ0) is 26.6. The Morgan fingerprint density at radius 2 is 1.66 bits per heavy atom. The smallest absolute Gasteiger partial charge is 0.268 e. The van der Waals surface area contributed by atoms with Gasteiger partial charge in [0.05, 0.1) is 37.9 Å². The molecule has 5 rings (SSSR count). The van der Waals surface area contributed by atoms with Crippen molar-refractivity contribution in [2.45, 2.75) is 6.92 Å². The first kappa shape index (κ1) is 25.1. The van der Waals surface area contributed by atoms with Crippen molar-refractivity contribution in [2.24, 2.45) is 0 Å². The van der Waals surface area contributed by atoms with E-state index >= 15 is 0 Å². The number of nitrogens with one attached hydrogen (secondary N) is 1. The summed E-state index contributed by atoms with van der Waals surface area (Å²) in [6, 6.07) is 25.0. The van der Waals surface area contributed by atoms with Crippen LogP contribution >= 0.6 is 11.3 Å². The minimum Gasteiger partial charge on any atom is -0.497 e. The van der Waals surface area contributed by atoms with E-state index in [9.17, 15) is 4.79 Å². The highest BCUT2D eigenvalue weighted by Gasteiger charge is 2.22. The van der Waals surface area contributed by atoms with Crippen LogP contribution in [0.2, 0.25) is 0 Å². The van der Waals surface area contributed by atoms with Crippen LogP contribution in [0, 0.1) is 0 Å². The molecule has 0 aliphatic rings. The van der Waals surface area contributed by atoms with Crippen molar-refractivity contribution in [2.75, 3.05) is 31.9 Å². The lowest BCUT2D eigenvalue weighted by molar-refractivity contribution is 0.103. The van der Waals surface area contributed by atoms with E-state index in [2.05, 4.69) is 5.32 Å². The van der Waals surface area contributed by atoms with E-state index in [1.54, 1.807) is 25.3 Å². The van der Waals surface area contributed by atoms with Gasteiger partial charge in [-0.05, 0) is 60.5 Å². The SMILES string of the molecule is CCOc1ccc(-c2cc(-c3ccccc3)c3c(N)c(C(=O)Nc4ccc(OC)cc4OC)sc3n2)cc1. The largest absolute Gasteiger partial charge is 0.497 e. The number of nitrogens with zero attached hydrogens (tertiary/aromatic N) is 1. The van der Waals surface area contributed by atoms with Crippen LogP contribution in [0.1, 0.15) is 16.6 Å². The molecule has 0 fully saturated rings. The predicted molar refractivity (Wildman–Crippen MR) is 154 cm³/mol. The normalized spacial score (nSPS) is 10.8. The molecular weight excluding hydrogens is 498 g/mol. The van der Waals surface area contributed by atoms with Gasteiger partial charge in [0.25, 0.3) is 5.91 Å². The molecule has 3 N–H and O–H groups in total. The highest BCUT2D eigenvalue weighted by Crippen LogP contribution is 2.42. The summed E-state index contributed by atoms with van der Waals surface area (Å²) in [5, 5.41) is 3.68. The number of nitrogen functional groups attached to an aromatic ring is 1. The van der Waals surface area contributed by atoms with Crippen LogP contribution in [0.25, 0.3) is 32.6 Å². The minimum atomic E-state index is -0.337. The Balaban J connectivity index is 1.60. The fourth-order valence-corrected chi connectivity index (χ4v) is 5.27. The molecule has 0 spiro atoms. The van der Waals surface area contributed by atoms with Crippen LogP contribution in [0.4, 0.5) is 11.4 Å². The number of thiophene rings is 1. The maximum absolute atomic E-state index is 13.4. The van der Waals surface area contributed by atoms with Gasteiger partial charge in [-0.25, -0.2) is 4.98 Å². The molecule has 1 amide bonds. The molecule has 0 radical (unpaired) electrons. The number of anilines is 2. The lowest BCUT2D eigenvalue weighted by atomic mass is 9.99. The first-order valence-corrected chi connectivity index (χ1v) is 12.9. The number of carbonyl (C=O) groups excluding carboxylic acids is 1. The van der Waals surface area contributed by atoms with Crippen LogP contribution in [0.15, 0.2) is 78.9 Å². The third-order valence-corrected chi connectivity index (χ3v) is 7.21. The van der Waals surface area contributed by atoms with Crippen molar-refractivity contribution in [3.8, 4) is 39.6 Å². The number of rotatable bonds is 8. The van der Waals surface area contributed by atoms with E-state index in [1.807, 2.05) is 67.6 Å². The average Bonchev–Trinajstić information content (AvgIpc) is 3.30. The zero-order valence-electron chi connectivity index (χ0n) is 21.3. The van der Waals surface area contributed by atoms with E-state index in [4.69, 9.17) is 24.9 Å². The topological polar surface area (TPSA) is 95.7 Å².